The number of fused-ring (bicyclic) bond motifs is 2. The van der Waals surface area contributed by atoms with Crippen LogP contribution in [0, 0.1) is 0 Å². The van der Waals surface area contributed by atoms with Gasteiger partial charge in [-0.3, -0.25) is 9.59 Å². The first-order chi connectivity index (χ1) is 11.1. The van der Waals surface area contributed by atoms with E-state index >= 15 is 0 Å². The van der Waals surface area contributed by atoms with Crippen LogP contribution in [0.4, 0.5) is 0 Å². The molecule has 1 aliphatic rings. The Bertz CT molecular complexity index is 764. The van der Waals surface area contributed by atoms with Crippen molar-refractivity contribution in [2.24, 2.45) is 0 Å². The van der Waals surface area contributed by atoms with E-state index in [9.17, 15) is 9.59 Å². The quantitative estimate of drug-likeness (QED) is 0.815. The fraction of sp³-hybridized carbons (Fsp3) is 0.263. The van der Waals surface area contributed by atoms with E-state index in [0.717, 1.165) is 11.1 Å². The third-order valence-electron chi connectivity index (χ3n) is 4.00. The Balaban J connectivity index is 1.94. The standard InChI is InChI=1S/C19H18O4/c1-12(10-22-13(2)20)14-7-8-18-17(9-14)19(21)16-6-4-3-5-15(16)11-23-18/h3-9,12H,10-11H2,1-2H3/t12-/m0/s1. The molecule has 0 radical (unpaired) electrons. The topological polar surface area (TPSA) is 52.6 Å². The minimum absolute atomic E-state index is 0.00972. The van der Waals surface area contributed by atoms with Crippen LogP contribution in [0.1, 0.15) is 46.8 Å². The normalized spacial score (nSPS) is 14.1. The number of carbonyl (C=O) groups excluding carboxylic acids is 2. The fourth-order valence-electron chi connectivity index (χ4n) is 2.66. The van der Waals surface area contributed by atoms with E-state index in [1.807, 2.05) is 49.4 Å². The Labute approximate surface area is 135 Å². The summed E-state index contributed by atoms with van der Waals surface area (Å²) in [6.45, 7) is 4.02. The van der Waals surface area contributed by atoms with Gasteiger partial charge in [0, 0.05) is 24.0 Å². The number of ether oxygens (including phenoxy) is 2. The van der Waals surface area contributed by atoms with Crippen molar-refractivity contribution in [2.45, 2.75) is 26.4 Å². The molecule has 2 aromatic carbocycles. The smallest absolute Gasteiger partial charge is 0.302 e. The molecule has 0 N–H and O–H groups in total. The van der Waals surface area contributed by atoms with Gasteiger partial charge in [-0.25, -0.2) is 0 Å². The van der Waals surface area contributed by atoms with Crippen LogP contribution >= 0.6 is 0 Å². The maximum atomic E-state index is 12.8. The lowest BCUT2D eigenvalue weighted by molar-refractivity contribution is -0.141. The van der Waals surface area contributed by atoms with Crippen molar-refractivity contribution in [1.29, 1.82) is 0 Å². The third-order valence-corrected chi connectivity index (χ3v) is 4.00. The number of benzene rings is 2. The molecule has 0 saturated carbocycles. The van der Waals surface area contributed by atoms with Gasteiger partial charge in [0.15, 0.2) is 5.78 Å². The Morgan fingerprint density at radius 1 is 1.22 bits per heavy atom. The number of esters is 1. The average Bonchev–Trinajstić information content (AvgIpc) is 2.70. The highest BCUT2D eigenvalue weighted by Crippen LogP contribution is 2.31. The van der Waals surface area contributed by atoms with Crippen molar-refractivity contribution in [3.63, 3.8) is 0 Å². The Morgan fingerprint density at radius 2 is 2.00 bits per heavy atom. The molecule has 2 aromatic rings. The molecule has 0 aromatic heterocycles. The van der Waals surface area contributed by atoms with Gasteiger partial charge in [-0.1, -0.05) is 37.3 Å². The molecule has 1 atom stereocenters. The van der Waals surface area contributed by atoms with Gasteiger partial charge < -0.3 is 9.47 Å². The van der Waals surface area contributed by atoms with Crippen LogP contribution in [-0.2, 0) is 16.1 Å². The number of ketones is 1. The van der Waals surface area contributed by atoms with Crippen molar-refractivity contribution < 1.29 is 19.1 Å². The highest BCUT2D eigenvalue weighted by atomic mass is 16.5. The lowest BCUT2D eigenvalue weighted by Gasteiger charge is -2.14. The zero-order chi connectivity index (χ0) is 16.4. The van der Waals surface area contributed by atoms with Gasteiger partial charge in [-0.2, -0.15) is 0 Å². The minimum atomic E-state index is -0.306. The molecule has 0 fully saturated rings. The van der Waals surface area contributed by atoms with E-state index in [2.05, 4.69) is 0 Å². The second-order valence-electron chi connectivity index (χ2n) is 5.73. The van der Waals surface area contributed by atoms with Crippen molar-refractivity contribution in [3.8, 4) is 5.75 Å². The van der Waals surface area contributed by atoms with Crippen LogP contribution in [0.25, 0.3) is 0 Å². The third kappa shape index (κ3) is 3.11. The zero-order valence-corrected chi connectivity index (χ0v) is 13.2. The van der Waals surface area contributed by atoms with Crippen LogP contribution in [0.15, 0.2) is 42.5 Å². The molecule has 1 heterocycles. The molecule has 23 heavy (non-hydrogen) atoms. The molecule has 118 valence electrons. The molecule has 4 heteroatoms. The van der Waals surface area contributed by atoms with Gasteiger partial charge in [0.25, 0.3) is 0 Å². The summed E-state index contributed by atoms with van der Waals surface area (Å²) in [6.07, 6.45) is 0. The summed E-state index contributed by atoms with van der Waals surface area (Å²) in [5, 5.41) is 0. The molecule has 4 nitrogen and oxygen atoms in total. The van der Waals surface area contributed by atoms with Gasteiger partial charge >= 0.3 is 5.97 Å². The first kappa shape index (κ1) is 15.3. The number of carbonyl (C=O) groups is 2. The van der Waals surface area contributed by atoms with Crippen molar-refractivity contribution in [3.05, 3.63) is 64.7 Å². The average molecular weight is 310 g/mol. The lowest BCUT2D eigenvalue weighted by atomic mass is 9.94. The van der Waals surface area contributed by atoms with E-state index in [1.165, 1.54) is 6.92 Å². The van der Waals surface area contributed by atoms with Gasteiger partial charge in [-0.15, -0.1) is 0 Å². The molecular formula is C19H18O4. The molecule has 1 aliphatic heterocycles. The first-order valence-electron chi connectivity index (χ1n) is 7.59. The maximum absolute atomic E-state index is 12.8. The Morgan fingerprint density at radius 3 is 2.78 bits per heavy atom. The highest BCUT2D eigenvalue weighted by molar-refractivity contribution is 6.12. The molecule has 0 bridgehead atoms. The van der Waals surface area contributed by atoms with Gasteiger partial charge in [0.05, 0.1) is 12.2 Å². The fourth-order valence-corrected chi connectivity index (χ4v) is 2.66. The predicted molar refractivity (Wildman–Crippen MR) is 85.7 cm³/mol. The van der Waals surface area contributed by atoms with Crippen LogP contribution in [0.2, 0.25) is 0 Å². The molecule has 0 unspecified atom stereocenters. The molecule has 0 amide bonds. The number of hydrogen-bond acceptors (Lipinski definition) is 4. The van der Waals surface area contributed by atoms with E-state index in [-0.39, 0.29) is 17.7 Å². The van der Waals surface area contributed by atoms with E-state index in [4.69, 9.17) is 9.47 Å². The van der Waals surface area contributed by atoms with Crippen molar-refractivity contribution >= 4 is 11.8 Å². The minimum Gasteiger partial charge on any atom is -0.488 e. The Hall–Kier alpha value is -2.62. The summed E-state index contributed by atoms with van der Waals surface area (Å²) >= 11 is 0. The van der Waals surface area contributed by atoms with Crippen LogP contribution in [-0.4, -0.2) is 18.4 Å². The van der Waals surface area contributed by atoms with E-state index < -0.39 is 0 Å². The van der Waals surface area contributed by atoms with E-state index in [0.29, 0.717) is 30.1 Å². The monoisotopic (exact) mass is 310 g/mol. The molecule has 0 spiro atoms. The van der Waals surface area contributed by atoms with E-state index in [1.54, 1.807) is 0 Å². The summed E-state index contributed by atoms with van der Waals surface area (Å²) in [6, 6.07) is 13.1. The first-order valence-corrected chi connectivity index (χ1v) is 7.59. The van der Waals surface area contributed by atoms with Crippen molar-refractivity contribution in [1.82, 2.24) is 0 Å². The highest BCUT2D eigenvalue weighted by Gasteiger charge is 2.23. The molecule has 0 saturated heterocycles. The van der Waals surface area contributed by atoms with Gasteiger partial charge in [-0.05, 0) is 17.7 Å². The predicted octanol–water partition coefficient (Wildman–Crippen LogP) is 3.48. The summed E-state index contributed by atoms with van der Waals surface area (Å²) < 4.78 is 10.8. The lowest BCUT2D eigenvalue weighted by Crippen LogP contribution is -2.09. The van der Waals surface area contributed by atoms with Crippen LogP contribution in [0.3, 0.4) is 0 Å². The van der Waals surface area contributed by atoms with Crippen LogP contribution < -0.4 is 4.74 Å². The molecule has 0 aliphatic carbocycles. The Kier molecular flexibility index (Phi) is 4.15. The maximum Gasteiger partial charge on any atom is 0.302 e. The van der Waals surface area contributed by atoms with Gasteiger partial charge in [0.1, 0.15) is 12.4 Å². The molecule has 3 rings (SSSR count). The van der Waals surface area contributed by atoms with Gasteiger partial charge in [0.2, 0.25) is 0 Å². The second kappa shape index (κ2) is 6.24. The number of rotatable bonds is 3. The largest absolute Gasteiger partial charge is 0.488 e. The summed E-state index contributed by atoms with van der Waals surface area (Å²) in [5.41, 5.74) is 3.07. The SMILES string of the molecule is CC(=O)OC[C@H](C)c1ccc2c(c1)C(=O)c1ccccc1CO2. The molecular weight excluding hydrogens is 292 g/mol. The summed E-state index contributed by atoms with van der Waals surface area (Å²) in [5.74, 6) is 0.264. The zero-order valence-electron chi connectivity index (χ0n) is 13.2. The van der Waals surface area contributed by atoms with Crippen LogP contribution in [0.5, 0.6) is 5.75 Å². The summed E-state index contributed by atoms with van der Waals surface area (Å²) in [7, 11) is 0. The summed E-state index contributed by atoms with van der Waals surface area (Å²) in [4.78, 5) is 23.8. The van der Waals surface area contributed by atoms with Crippen molar-refractivity contribution in [2.75, 3.05) is 6.61 Å². The second-order valence-corrected chi connectivity index (χ2v) is 5.73. The number of hydrogen-bond donors (Lipinski definition) is 0.